The summed E-state index contributed by atoms with van der Waals surface area (Å²) in [6, 6.07) is 9.41. The topological polar surface area (TPSA) is 79.5 Å². The van der Waals surface area contributed by atoms with Gasteiger partial charge < -0.3 is 14.8 Å². The molecule has 0 bridgehead atoms. The van der Waals surface area contributed by atoms with Crippen molar-refractivity contribution in [3.05, 3.63) is 80.3 Å². The smallest absolute Gasteiger partial charge is 0.341 e. The first-order valence-electron chi connectivity index (χ1n) is 9.73. The predicted octanol–water partition coefficient (Wildman–Crippen LogP) is 4.66. The SMILES string of the molecule is CCC(C)C(CO)n1cc(C(=O)O)c(=O)c2cc(Cc3cccc(Cl)c3F)ccc21. The van der Waals surface area contributed by atoms with E-state index in [1.54, 1.807) is 34.9 Å². The van der Waals surface area contributed by atoms with Gasteiger partial charge in [0.1, 0.15) is 11.4 Å². The van der Waals surface area contributed by atoms with Crippen LogP contribution >= 0.6 is 11.6 Å². The molecule has 1 aromatic heterocycles. The van der Waals surface area contributed by atoms with E-state index in [-0.39, 0.29) is 41.0 Å². The van der Waals surface area contributed by atoms with Gasteiger partial charge in [-0.3, -0.25) is 4.79 Å². The van der Waals surface area contributed by atoms with Gasteiger partial charge in [0.05, 0.1) is 23.2 Å². The Morgan fingerprint density at radius 1 is 1.27 bits per heavy atom. The number of carboxylic acid groups (broad SMARTS) is 1. The molecule has 30 heavy (non-hydrogen) atoms. The van der Waals surface area contributed by atoms with Crippen LogP contribution in [0.25, 0.3) is 10.9 Å². The first-order chi connectivity index (χ1) is 14.3. The van der Waals surface area contributed by atoms with Crippen LogP contribution < -0.4 is 5.43 Å². The number of pyridine rings is 1. The first-order valence-corrected chi connectivity index (χ1v) is 10.1. The fraction of sp³-hybridized carbons (Fsp3) is 0.304. The highest BCUT2D eigenvalue weighted by molar-refractivity contribution is 6.30. The van der Waals surface area contributed by atoms with Crippen molar-refractivity contribution in [3.8, 4) is 0 Å². The van der Waals surface area contributed by atoms with Gasteiger partial charge in [0.15, 0.2) is 0 Å². The number of carboxylic acids is 1. The summed E-state index contributed by atoms with van der Waals surface area (Å²) < 4.78 is 16.0. The lowest BCUT2D eigenvalue weighted by Crippen LogP contribution is -2.26. The molecular weight excluding hydrogens is 409 g/mol. The van der Waals surface area contributed by atoms with Gasteiger partial charge in [-0.05, 0) is 35.2 Å². The molecule has 0 fully saturated rings. The van der Waals surface area contributed by atoms with E-state index in [1.165, 1.54) is 12.3 Å². The van der Waals surface area contributed by atoms with E-state index in [1.807, 2.05) is 13.8 Å². The molecule has 7 heteroatoms. The van der Waals surface area contributed by atoms with Crippen molar-refractivity contribution in [3.63, 3.8) is 0 Å². The van der Waals surface area contributed by atoms with E-state index in [9.17, 15) is 24.2 Å². The van der Waals surface area contributed by atoms with Crippen LogP contribution in [0, 0.1) is 11.7 Å². The maximum absolute atomic E-state index is 14.3. The molecule has 3 aromatic rings. The third kappa shape index (κ3) is 4.11. The summed E-state index contributed by atoms with van der Waals surface area (Å²) >= 11 is 5.85. The number of aromatic carboxylic acids is 1. The number of nitrogens with zero attached hydrogens (tertiary/aromatic N) is 1. The van der Waals surface area contributed by atoms with Crippen LogP contribution in [0.3, 0.4) is 0 Å². The van der Waals surface area contributed by atoms with E-state index in [0.717, 1.165) is 6.42 Å². The number of aromatic nitrogens is 1. The van der Waals surface area contributed by atoms with Crippen LogP contribution in [0.5, 0.6) is 0 Å². The summed E-state index contributed by atoms with van der Waals surface area (Å²) in [5.74, 6) is -1.79. The van der Waals surface area contributed by atoms with Crippen LogP contribution in [0.2, 0.25) is 5.02 Å². The predicted molar refractivity (Wildman–Crippen MR) is 115 cm³/mol. The fourth-order valence-corrected chi connectivity index (χ4v) is 3.85. The van der Waals surface area contributed by atoms with E-state index >= 15 is 0 Å². The minimum absolute atomic E-state index is 0.0168. The molecule has 0 aliphatic heterocycles. The fourth-order valence-electron chi connectivity index (χ4n) is 3.66. The molecule has 0 radical (unpaired) electrons. The Bertz CT molecular complexity index is 1160. The Morgan fingerprint density at radius 2 is 2.00 bits per heavy atom. The van der Waals surface area contributed by atoms with Gasteiger partial charge in [-0.25, -0.2) is 9.18 Å². The molecule has 0 saturated carbocycles. The van der Waals surface area contributed by atoms with Crippen LogP contribution in [-0.2, 0) is 6.42 Å². The minimum atomic E-state index is -1.33. The largest absolute Gasteiger partial charge is 0.477 e. The average molecular weight is 432 g/mol. The van der Waals surface area contributed by atoms with Gasteiger partial charge in [-0.2, -0.15) is 0 Å². The number of rotatable bonds is 7. The second-order valence-corrected chi connectivity index (χ2v) is 7.87. The molecule has 0 aliphatic carbocycles. The molecule has 2 N–H and O–H groups in total. The zero-order chi connectivity index (χ0) is 22.0. The molecule has 0 spiro atoms. The van der Waals surface area contributed by atoms with E-state index in [2.05, 4.69) is 0 Å². The zero-order valence-corrected chi connectivity index (χ0v) is 17.5. The first kappa shape index (κ1) is 22.0. The molecule has 2 aromatic carbocycles. The highest BCUT2D eigenvalue weighted by Gasteiger charge is 2.22. The summed E-state index contributed by atoms with van der Waals surface area (Å²) in [4.78, 5) is 24.5. The number of halogens is 2. The number of aliphatic hydroxyl groups excluding tert-OH is 1. The van der Waals surface area contributed by atoms with Gasteiger partial charge >= 0.3 is 5.97 Å². The minimum Gasteiger partial charge on any atom is -0.477 e. The van der Waals surface area contributed by atoms with Gasteiger partial charge in [-0.1, -0.05) is 50.1 Å². The number of hydrogen-bond acceptors (Lipinski definition) is 3. The summed E-state index contributed by atoms with van der Waals surface area (Å²) in [6.45, 7) is 3.75. The normalized spacial score (nSPS) is 13.4. The number of aliphatic hydroxyl groups is 1. The maximum Gasteiger partial charge on any atom is 0.341 e. The van der Waals surface area contributed by atoms with Crippen molar-refractivity contribution in [2.45, 2.75) is 32.7 Å². The lowest BCUT2D eigenvalue weighted by Gasteiger charge is -2.26. The Hall–Kier alpha value is -2.70. The van der Waals surface area contributed by atoms with Crippen LogP contribution in [0.1, 0.15) is 47.8 Å². The number of fused-ring (bicyclic) bond motifs is 1. The van der Waals surface area contributed by atoms with Crippen LogP contribution in [0.4, 0.5) is 4.39 Å². The molecule has 0 amide bonds. The van der Waals surface area contributed by atoms with Crippen molar-refractivity contribution >= 4 is 28.5 Å². The Balaban J connectivity index is 2.20. The number of hydrogen-bond donors (Lipinski definition) is 2. The quantitative estimate of drug-likeness (QED) is 0.570. The molecule has 0 aliphatic rings. The van der Waals surface area contributed by atoms with Crippen molar-refractivity contribution < 1.29 is 19.4 Å². The molecule has 5 nitrogen and oxygen atoms in total. The average Bonchev–Trinajstić information content (AvgIpc) is 2.73. The molecule has 2 atom stereocenters. The Kier molecular flexibility index (Phi) is 6.58. The molecule has 3 rings (SSSR count). The van der Waals surface area contributed by atoms with Gasteiger partial charge in [0, 0.05) is 18.0 Å². The summed E-state index contributed by atoms with van der Waals surface area (Å²) in [5, 5.41) is 19.7. The number of carbonyl (C=O) groups is 1. The van der Waals surface area contributed by atoms with E-state index < -0.39 is 17.2 Å². The third-order valence-electron chi connectivity index (χ3n) is 5.60. The molecule has 1 heterocycles. The van der Waals surface area contributed by atoms with Crippen molar-refractivity contribution in [1.82, 2.24) is 4.57 Å². The summed E-state index contributed by atoms with van der Waals surface area (Å²) in [6.07, 6.45) is 2.28. The highest BCUT2D eigenvalue weighted by atomic mass is 35.5. The van der Waals surface area contributed by atoms with Crippen LogP contribution in [-0.4, -0.2) is 27.4 Å². The van der Waals surface area contributed by atoms with Gasteiger partial charge in [0.2, 0.25) is 5.43 Å². The zero-order valence-electron chi connectivity index (χ0n) is 16.7. The van der Waals surface area contributed by atoms with E-state index in [0.29, 0.717) is 16.6 Å². The van der Waals surface area contributed by atoms with Crippen molar-refractivity contribution in [2.24, 2.45) is 5.92 Å². The summed E-state index contributed by atoms with van der Waals surface area (Å²) in [5.41, 5.74) is 0.585. The molecule has 2 unspecified atom stereocenters. The van der Waals surface area contributed by atoms with Crippen molar-refractivity contribution in [1.29, 1.82) is 0 Å². The maximum atomic E-state index is 14.3. The van der Waals surface area contributed by atoms with E-state index in [4.69, 9.17) is 11.6 Å². The van der Waals surface area contributed by atoms with Gasteiger partial charge in [-0.15, -0.1) is 0 Å². The van der Waals surface area contributed by atoms with Gasteiger partial charge in [0.25, 0.3) is 0 Å². The lowest BCUT2D eigenvalue weighted by atomic mass is 9.97. The Labute approximate surface area is 178 Å². The molecule has 158 valence electrons. The summed E-state index contributed by atoms with van der Waals surface area (Å²) in [7, 11) is 0. The molecular formula is C23H23ClFNO4. The molecule has 0 saturated heterocycles. The highest BCUT2D eigenvalue weighted by Crippen LogP contribution is 2.27. The Morgan fingerprint density at radius 3 is 2.63 bits per heavy atom. The van der Waals surface area contributed by atoms with Crippen molar-refractivity contribution in [2.75, 3.05) is 6.61 Å². The second-order valence-electron chi connectivity index (χ2n) is 7.46. The third-order valence-corrected chi connectivity index (χ3v) is 5.89. The lowest BCUT2D eigenvalue weighted by molar-refractivity contribution is 0.0694. The second kappa shape index (κ2) is 8.98. The number of benzene rings is 2. The monoisotopic (exact) mass is 431 g/mol. The standard InChI is InChI=1S/C23H23ClFNO4/c1-3-13(2)20(12-27)26-11-17(23(29)30)22(28)16-10-14(7-8-19(16)26)9-15-5-4-6-18(24)21(15)25/h4-8,10-11,13,20,27H,3,9,12H2,1-2H3,(H,29,30). The van der Waals surface area contributed by atoms with Crippen LogP contribution in [0.15, 0.2) is 47.4 Å².